The molecular formula is C3H7ClN2O. The highest BCUT2D eigenvalue weighted by Crippen LogP contribution is 2.08. The Hall–Kier alpha value is 0.170. The molecule has 0 radical (unpaired) electrons. The smallest absolute Gasteiger partial charge is 0.0600 e. The van der Waals surface area contributed by atoms with Crippen LogP contribution in [-0.4, -0.2) is 28.8 Å². The van der Waals surface area contributed by atoms with Gasteiger partial charge in [0.05, 0.1) is 6.04 Å². The molecule has 0 bridgehead atoms. The second-order valence-corrected chi connectivity index (χ2v) is 2.13. The Morgan fingerprint density at radius 2 is 2.29 bits per heavy atom. The summed E-state index contributed by atoms with van der Waals surface area (Å²) in [7, 11) is 0. The van der Waals surface area contributed by atoms with E-state index in [0.717, 1.165) is 13.1 Å². The van der Waals surface area contributed by atoms with Gasteiger partial charge in [0, 0.05) is 13.1 Å². The molecule has 1 heterocycles. The van der Waals surface area contributed by atoms with Crippen molar-refractivity contribution in [1.82, 2.24) is 9.90 Å². The highest BCUT2D eigenvalue weighted by atomic mass is 35.5. The minimum atomic E-state index is 0.192. The van der Waals surface area contributed by atoms with Crippen molar-refractivity contribution >= 4 is 11.8 Å². The number of hydrogen-bond donors (Lipinski definition) is 2. The maximum atomic E-state index is 8.17. The molecule has 0 saturated carbocycles. The van der Waals surface area contributed by atoms with E-state index < -0.39 is 0 Å². The molecule has 1 fully saturated rings. The molecule has 0 amide bonds. The summed E-state index contributed by atoms with van der Waals surface area (Å²) in [6.45, 7) is 1.47. The molecule has 1 aliphatic rings. The standard InChI is InChI=1S/C3H7ClN2O/c4-6-1-3(2-6)5-7/h3,5,7H,1-2H2. The molecule has 42 valence electrons. The van der Waals surface area contributed by atoms with E-state index in [-0.39, 0.29) is 6.04 Å². The van der Waals surface area contributed by atoms with E-state index in [9.17, 15) is 0 Å². The third kappa shape index (κ3) is 1.04. The first-order valence-corrected chi connectivity index (χ1v) is 2.47. The monoisotopic (exact) mass is 122 g/mol. The molecule has 0 aromatic heterocycles. The minimum absolute atomic E-state index is 0.192. The van der Waals surface area contributed by atoms with Crippen LogP contribution in [0.25, 0.3) is 0 Å². The summed E-state index contributed by atoms with van der Waals surface area (Å²) in [5, 5.41) is 8.17. The lowest BCUT2D eigenvalue weighted by atomic mass is 10.2. The van der Waals surface area contributed by atoms with Crippen LogP contribution >= 0.6 is 11.8 Å². The summed E-state index contributed by atoms with van der Waals surface area (Å²) < 4.78 is 1.61. The van der Waals surface area contributed by atoms with Crippen molar-refractivity contribution in [3.63, 3.8) is 0 Å². The molecule has 0 aliphatic carbocycles. The number of hydroxylamine groups is 1. The Morgan fingerprint density at radius 3 is 2.43 bits per heavy atom. The second-order valence-electron chi connectivity index (χ2n) is 1.65. The first-order chi connectivity index (χ1) is 3.33. The topological polar surface area (TPSA) is 35.5 Å². The molecule has 1 saturated heterocycles. The van der Waals surface area contributed by atoms with Crippen LogP contribution in [0.2, 0.25) is 0 Å². The number of hydrogen-bond acceptors (Lipinski definition) is 3. The molecule has 0 spiro atoms. The molecule has 0 aromatic rings. The summed E-state index contributed by atoms with van der Waals surface area (Å²) in [6.07, 6.45) is 0. The lowest BCUT2D eigenvalue weighted by Crippen LogP contribution is -2.52. The first-order valence-electron chi connectivity index (χ1n) is 2.13. The predicted octanol–water partition coefficient (Wildman–Crippen LogP) is -0.197. The molecule has 0 aromatic carbocycles. The molecule has 1 aliphatic heterocycles. The van der Waals surface area contributed by atoms with E-state index in [0.29, 0.717) is 0 Å². The lowest BCUT2D eigenvalue weighted by Gasteiger charge is -2.31. The van der Waals surface area contributed by atoms with Gasteiger partial charge in [0.2, 0.25) is 0 Å². The molecule has 0 unspecified atom stereocenters. The fourth-order valence-electron chi connectivity index (χ4n) is 0.506. The summed E-state index contributed by atoms with van der Waals surface area (Å²) in [5.41, 5.74) is 2.11. The van der Waals surface area contributed by atoms with Crippen molar-refractivity contribution in [2.24, 2.45) is 0 Å². The van der Waals surface area contributed by atoms with Crippen molar-refractivity contribution in [1.29, 1.82) is 0 Å². The maximum Gasteiger partial charge on any atom is 0.0600 e. The van der Waals surface area contributed by atoms with Crippen molar-refractivity contribution in [2.45, 2.75) is 6.04 Å². The zero-order valence-corrected chi connectivity index (χ0v) is 4.52. The number of halogens is 1. The van der Waals surface area contributed by atoms with Crippen LogP contribution in [-0.2, 0) is 0 Å². The van der Waals surface area contributed by atoms with E-state index in [4.69, 9.17) is 17.0 Å². The fraction of sp³-hybridized carbons (Fsp3) is 1.00. The Kier molecular flexibility index (Phi) is 1.49. The average molecular weight is 123 g/mol. The quantitative estimate of drug-likeness (QED) is 0.374. The van der Waals surface area contributed by atoms with Crippen LogP contribution in [0.1, 0.15) is 0 Å². The zero-order chi connectivity index (χ0) is 5.28. The molecular weight excluding hydrogens is 115 g/mol. The van der Waals surface area contributed by atoms with Crippen molar-refractivity contribution in [3.05, 3.63) is 0 Å². The third-order valence-electron chi connectivity index (χ3n) is 1.02. The first kappa shape index (κ1) is 5.31. The van der Waals surface area contributed by atoms with Gasteiger partial charge >= 0.3 is 0 Å². The van der Waals surface area contributed by atoms with Crippen molar-refractivity contribution in [2.75, 3.05) is 13.1 Å². The number of rotatable bonds is 1. The van der Waals surface area contributed by atoms with E-state index >= 15 is 0 Å². The SMILES string of the molecule is ONC1CN(Cl)C1. The van der Waals surface area contributed by atoms with Crippen molar-refractivity contribution in [3.8, 4) is 0 Å². The molecule has 1 rings (SSSR count). The molecule has 7 heavy (non-hydrogen) atoms. The van der Waals surface area contributed by atoms with Gasteiger partial charge in [-0.3, -0.25) is 0 Å². The zero-order valence-electron chi connectivity index (χ0n) is 3.76. The normalized spacial score (nSPS) is 24.9. The highest BCUT2D eigenvalue weighted by Gasteiger charge is 2.23. The Balaban J connectivity index is 2.06. The Morgan fingerprint density at radius 1 is 1.71 bits per heavy atom. The van der Waals surface area contributed by atoms with Crippen molar-refractivity contribution < 1.29 is 5.21 Å². The van der Waals surface area contributed by atoms with Crippen LogP contribution in [0.4, 0.5) is 0 Å². The van der Waals surface area contributed by atoms with Crippen LogP contribution in [0, 0.1) is 0 Å². The van der Waals surface area contributed by atoms with Gasteiger partial charge in [0.25, 0.3) is 0 Å². The summed E-state index contributed by atoms with van der Waals surface area (Å²) in [5.74, 6) is 0. The van der Waals surface area contributed by atoms with Gasteiger partial charge in [0.15, 0.2) is 0 Å². The van der Waals surface area contributed by atoms with Gasteiger partial charge in [-0.05, 0) is 11.8 Å². The largest absolute Gasteiger partial charge is 0.316 e. The van der Waals surface area contributed by atoms with Gasteiger partial charge in [-0.2, -0.15) is 5.48 Å². The van der Waals surface area contributed by atoms with Gasteiger partial charge < -0.3 is 5.21 Å². The van der Waals surface area contributed by atoms with Gasteiger partial charge in [0.1, 0.15) is 0 Å². The Labute approximate surface area is 46.9 Å². The lowest BCUT2D eigenvalue weighted by molar-refractivity contribution is 0.0672. The van der Waals surface area contributed by atoms with Crippen LogP contribution < -0.4 is 5.48 Å². The van der Waals surface area contributed by atoms with Gasteiger partial charge in [-0.25, -0.2) is 4.42 Å². The van der Waals surface area contributed by atoms with Crippen LogP contribution in [0.5, 0.6) is 0 Å². The van der Waals surface area contributed by atoms with E-state index in [1.165, 1.54) is 0 Å². The number of nitrogens with one attached hydrogen (secondary N) is 1. The summed E-state index contributed by atoms with van der Waals surface area (Å²) in [4.78, 5) is 0. The molecule has 2 N–H and O–H groups in total. The predicted molar refractivity (Wildman–Crippen MR) is 26.1 cm³/mol. The maximum absolute atomic E-state index is 8.17. The Bertz CT molecular complexity index is 64.0. The highest BCUT2D eigenvalue weighted by molar-refractivity contribution is 6.13. The average Bonchev–Trinajstić information content (AvgIpc) is 1.58. The van der Waals surface area contributed by atoms with Gasteiger partial charge in [-0.15, -0.1) is 0 Å². The molecule has 4 heteroatoms. The number of nitrogens with zero attached hydrogens (tertiary/aromatic N) is 1. The van der Waals surface area contributed by atoms with E-state index in [2.05, 4.69) is 5.48 Å². The fourth-order valence-corrected chi connectivity index (χ4v) is 0.840. The van der Waals surface area contributed by atoms with Crippen LogP contribution in [0.3, 0.4) is 0 Å². The van der Waals surface area contributed by atoms with E-state index in [1.807, 2.05) is 0 Å². The van der Waals surface area contributed by atoms with Crippen LogP contribution in [0.15, 0.2) is 0 Å². The van der Waals surface area contributed by atoms with E-state index in [1.54, 1.807) is 4.42 Å². The summed E-state index contributed by atoms with van der Waals surface area (Å²) >= 11 is 5.40. The molecule has 3 nitrogen and oxygen atoms in total. The van der Waals surface area contributed by atoms with Gasteiger partial charge in [-0.1, -0.05) is 0 Å². The molecule has 0 atom stereocenters. The third-order valence-corrected chi connectivity index (χ3v) is 1.30. The minimum Gasteiger partial charge on any atom is -0.316 e. The second kappa shape index (κ2) is 1.96. The summed E-state index contributed by atoms with van der Waals surface area (Å²) in [6, 6.07) is 0.192.